The molecule has 0 aliphatic carbocycles. The van der Waals surface area contributed by atoms with Crippen LogP contribution in [0.3, 0.4) is 0 Å². The van der Waals surface area contributed by atoms with Crippen LogP contribution in [0.4, 0.5) is 11.4 Å². The molecule has 2 amide bonds. The zero-order valence-electron chi connectivity index (χ0n) is 12.6. The highest BCUT2D eigenvalue weighted by Gasteiger charge is 2.33. The minimum Gasteiger partial charge on any atom is -0.480 e. The minimum atomic E-state index is -1.13. The summed E-state index contributed by atoms with van der Waals surface area (Å²) in [5.41, 5.74) is 0.511. The summed E-state index contributed by atoms with van der Waals surface area (Å²) in [6.07, 6.45) is -0.201. The number of rotatable bonds is 5. The molecule has 1 saturated heterocycles. The number of carbonyl (C=O) groups is 3. The van der Waals surface area contributed by atoms with E-state index in [0.29, 0.717) is 5.56 Å². The van der Waals surface area contributed by atoms with Crippen LogP contribution in [0.1, 0.15) is 12.0 Å². The number of anilines is 1. The van der Waals surface area contributed by atoms with Gasteiger partial charge in [0.15, 0.2) is 0 Å². The second kappa shape index (κ2) is 7.30. The predicted molar refractivity (Wildman–Crippen MR) is 86.9 cm³/mol. The van der Waals surface area contributed by atoms with Crippen LogP contribution in [0.15, 0.2) is 18.2 Å². The first-order valence-electron chi connectivity index (χ1n) is 6.97. The number of carboxylic acid groups (broad SMARTS) is 1. The molecule has 0 aromatic heterocycles. The van der Waals surface area contributed by atoms with Crippen molar-refractivity contribution in [2.45, 2.75) is 24.6 Å². The van der Waals surface area contributed by atoms with Gasteiger partial charge in [-0.05, 0) is 18.6 Å². The second-order valence-electron chi connectivity index (χ2n) is 5.25. The normalized spacial score (nSPS) is 20.1. The molecule has 0 saturated carbocycles. The van der Waals surface area contributed by atoms with Crippen molar-refractivity contribution in [1.29, 1.82) is 0 Å². The number of benzene rings is 1. The third kappa shape index (κ3) is 4.22. The van der Waals surface area contributed by atoms with Crippen molar-refractivity contribution < 1.29 is 24.4 Å². The molecule has 1 aromatic carbocycles. The van der Waals surface area contributed by atoms with Crippen LogP contribution in [-0.4, -0.2) is 44.9 Å². The van der Waals surface area contributed by atoms with Gasteiger partial charge >= 0.3 is 5.97 Å². The van der Waals surface area contributed by atoms with Gasteiger partial charge in [0.05, 0.1) is 10.2 Å². The number of aliphatic carboxylic acids is 1. The first-order valence-corrected chi connectivity index (χ1v) is 8.02. The van der Waals surface area contributed by atoms with E-state index in [9.17, 15) is 24.5 Å². The van der Waals surface area contributed by atoms with Crippen molar-refractivity contribution in [2.24, 2.45) is 0 Å². The third-order valence-corrected chi connectivity index (χ3v) is 4.67. The van der Waals surface area contributed by atoms with E-state index >= 15 is 0 Å². The van der Waals surface area contributed by atoms with E-state index in [1.54, 1.807) is 13.0 Å². The average Bonchev–Trinajstić information content (AvgIpc) is 2.50. The van der Waals surface area contributed by atoms with Crippen LogP contribution < -0.4 is 10.6 Å². The van der Waals surface area contributed by atoms with Gasteiger partial charge in [0.2, 0.25) is 11.8 Å². The molecule has 1 aliphatic rings. The maximum absolute atomic E-state index is 12.1. The Morgan fingerprint density at radius 1 is 1.50 bits per heavy atom. The van der Waals surface area contributed by atoms with Gasteiger partial charge in [0.25, 0.3) is 5.69 Å². The Bertz CT molecular complexity index is 708. The van der Waals surface area contributed by atoms with Crippen LogP contribution in [0.5, 0.6) is 0 Å². The van der Waals surface area contributed by atoms with Crippen molar-refractivity contribution >= 4 is 40.9 Å². The fourth-order valence-electron chi connectivity index (χ4n) is 2.15. The number of thioether (sulfide) groups is 1. The molecule has 24 heavy (non-hydrogen) atoms. The molecular formula is C14H15N3O6S. The van der Waals surface area contributed by atoms with E-state index in [4.69, 9.17) is 5.11 Å². The molecule has 9 nitrogen and oxygen atoms in total. The Hall–Kier alpha value is -2.62. The molecule has 128 valence electrons. The van der Waals surface area contributed by atoms with E-state index in [1.807, 2.05) is 0 Å². The number of aryl methyl sites for hydroxylation is 1. The Labute approximate surface area is 140 Å². The van der Waals surface area contributed by atoms with Crippen LogP contribution in [0.25, 0.3) is 0 Å². The second-order valence-corrected chi connectivity index (χ2v) is 6.49. The fraction of sp³-hybridized carbons (Fsp3) is 0.357. The minimum absolute atomic E-state index is 0.0558. The van der Waals surface area contributed by atoms with Crippen LogP contribution in [0.2, 0.25) is 0 Å². The van der Waals surface area contributed by atoms with E-state index < -0.39 is 34.0 Å². The van der Waals surface area contributed by atoms with Gasteiger partial charge in [-0.1, -0.05) is 6.07 Å². The maximum Gasteiger partial charge on any atom is 0.327 e. The Morgan fingerprint density at radius 2 is 2.21 bits per heavy atom. The number of hydrogen-bond acceptors (Lipinski definition) is 6. The standard InChI is InChI=1S/C14H15N3O6S/c1-7-2-3-8(10(4-7)17(22)23)15-12(18)5-11-13(19)16-9(6-24-11)14(20)21/h2-4,9,11H,5-6H2,1H3,(H,15,18)(H,16,19)(H,20,21)/t9-,11-/m1/s1. The number of nitrogens with zero attached hydrogens (tertiary/aromatic N) is 1. The molecular weight excluding hydrogens is 338 g/mol. The zero-order chi connectivity index (χ0) is 17.9. The molecule has 0 bridgehead atoms. The Morgan fingerprint density at radius 3 is 2.79 bits per heavy atom. The molecule has 1 aromatic rings. The Balaban J connectivity index is 2.01. The molecule has 0 unspecified atom stereocenters. The smallest absolute Gasteiger partial charge is 0.327 e. The number of carbonyl (C=O) groups excluding carboxylic acids is 2. The predicted octanol–water partition coefficient (Wildman–Crippen LogP) is 0.917. The van der Waals surface area contributed by atoms with E-state index in [1.165, 1.54) is 12.1 Å². The average molecular weight is 353 g/mol. The topological polar surface area (TPSA) is 139 Å². The number of nitro benzene ring substituents is 1. The van der Waals surface area contributed by atoms with E-state index in [2.05, 4.69) is 10.6 Å². The summed E-state index contributed by atoms with van der Waals surface area (Å²) in [6, 6.07) is 3.43. The van der Waals surface area contributed by atoms with Crippen molar-refractivity contribution in [2.75, 3.05) is 11.1 Å². The summed E-state index contributed by atoms with van der Waals surface area (Å²) < 4.78 is 0. The summed E-state index contributed by atoms with van der Waals surface area (Å²) in [7, 11) is 0. The van der Waals surface area contributed by atoms with Gasteiger partial charge in [-0.25, -0.2) is 4.79 Å². The Kier molecular flexibility index (Phi) is 5.39. The largest absolute Gasteiger partial charge is 0.480 e. The molecule has 1 fully saturated rings. The van der Waals surface area contributed by atoms with Crippen LogP contribution >= 0.6 is 11.8 Å². The molecule has 10 heteroatoms. The number of carboxylic acids is 1. The van der Waals surface area contributed by atoms with Gasteiger partial charge in [-0.15, -0.1) is 11.8 Å². The molecule has 0 spiro atoms. The van der Waals surface area contributed by atoms with Gasteiger partial charge in [-0.2, -0.15) is 0 Å². The highest BCUT2D eigenvalue weighted by molar-refractivity contribution is 8.00. The van der Waals surface area contributed by atoms with Crippen molar-refractivity contribution in [1.82, 2.24) is 5.32 Å². The van der Waals surface area contributed by atoms with Crippen molar-refractivity contribution in [3.63, 3.8) is 0 Å². The third-order valence-electron chi connectivity index (χ3n) is 3.37. The highest BCUT2D eigenvalue weighted by Crippen LogP contribution is 2.27. The summed E-state index contributed by atoms with van der Waals surface area (Å²) in [6.45, 7) is 1.69. The number of amides is 2. The fourth-order valence-corrected chi connectivity index (χ4v) is 3.29. The maximum atomic E-state index is 12.1. The lowest BCUT2D eigenvalue weighted by Crippen LogP contribution is -2.51. The van der Waals surface area contributed by atoms with Crippen LogP contribution in [-0.2, 0) is 14.4 Å². The van der Waals surface area contributed by atoms with E-state index in [0.717, 1.165) is 11.8 Å². The first kappa shape index (κ1) is 17.7. The first-order chi connectivity index (χ1) is 11.3. The van der Waals surface area contributed by atoms with Crippen LogP contribution in [0, 0.1) is 17.0 Å². The van der Waals surface area contributed by atoms with Crippen molar-refractivity contribution in [3.8, 4) is 0 Å². The molecule has 0 radical (unpaired) electrons. The number of nitrogens with one attached hydrogen (secondary N) is 2. The summed E-state index contributed by atoms with van der Waals surface area (Å²) in [4.78, 5) is 45.2. The lowest BCUT2D eigenvalue weighted by Gasteiger charge is -2.25. The summed E-state index contributed by atoms with van der Waals surface area (Å²) in [5.74, 6) is -2.06. The van der Waals surface area contributed by atoms with Gasteiger partial charge in [-0.3, -0.25) is 19.7 Å². The highest BCUT2D eigenvalue weighted by atomic mass is 32.2. The summed E-state index contributed by atoms with van der Waals surface area (Å²) in [5, 5.41) is 23.9. The van der Waals surface area contributed by atoms with E-state index in [-0.39, 0.29) is 23.5 Å². The SMILES string of the molecule is Cc1ccc(NC(=O)C[C@H]2SC[C@H](C(=O)O)NC2=O)c([N+](=O)[O-])c1. The number of nitro groups is 1. The molecule has 2 rings (SSSR count). The van der Waals surface area contributed by atoms with Gasteiger partial charge in [0, 0.05) is 18.2 Å². The summed E-state index contributed by atoms with van der Waals surface area (Å²) >= 11 is 1.07. The molecule has 1 aliphatic heterocycles. The quantitative estimate of drug-likeness (QED) is 0.528. The van der Waals surface area contributed by atoms with Gasteiger partial charge in [0.1, 0.15) is 11.7 Å². The van der Waals surface area contributed by atoms with Gasteiger partial charge < -0.3 is 15.7 Å². The van der Waals surface area contributed by atoms with Crippen molar-refractivity contribution in [3.05, 3.63) is 33.9 Å². The molecule has 1 heterocycles. The lowest BCUT2D eigenvalue weighted by atomic mass is 10.2. The monoisotopic (exact) mass is 353 g/mol. The molecule has 3 N–H and O–H groups in total. The number of hydrogen-bond donors (Lipinski definition) is 3. The zero-order valence-corrected chi connectivity index (χ0v) is 13.5. The lowest BCUT2D eigenvalue weighted by molar-refractivity contribution is -0.384. The molecule has 2 atom stereocenters.